The standard InChI is InChI=1S/C19H20F3N3OS/c1-24-10-12-25(13-11-24)16-6-4-15(5-7-16)23-18(26)14-2-8-17(9-3-14)27-19(20,21)22/h2-9H,10-13H2,1H3,(H,23,26). The van der Waals surface area contributed by atoms with Gasteiger partial charge >= 0.3 is 5.51 Å². The number of thioether (sulfide) groups is 1. The number of hydrogen-bond acceptors (Lipinski definition) is 4. The number of piperazine rings is 1. The van der Waals surface area contributed by atoms with Crippen LogP contribution in [0.25, 0.3) is 0 Å². The molecule has 0 bridgehead atoms. The molecule has 1 saturated heterocycles. The van der Waals surface area contributed by atoms with Crippen LogP contribution < -0.4 is 10.2 Å². The average molecular weight is 395 g/mol. The first-order valence-corrected chi connectivity index (χ1v) is 9.32. The highest BCUT2D eigenvalue weighted by molar-refractivity contribution is 8.00. The summed E-state index contributed by atoms with van der Waals surface area (Å²) in [5.41, 5.74) is -2.28. The molecule has 0 saturated carbocycles. The van der Waals surface area contributed by atoms with Crippen molar-refractivity contribution in [2.75, 3.05) is 43.4 Å². The molecule has 8 heteroatoms. The number of hydrogen-bond donors (Lipinski definition) is 1. The van der Waals surface area contributed by atoms with Gasteiger partial charge in [-0.15, -0.1) is 0 Å². The molecule has 1 N–H and O–H groups in total. The van der Waals surface area contributed by atoms with Crippen LogP contribution in [0, 0.1) is 0 Å². The van der Waals surface area contributed by atoms with Crippen LogP contribution in [0.3, 0.4) is 0 Å². The number of amides is 1. The van der Waals surface area contributed by atoms with Crippen molar-refractivity contribution in [2.45, 2.75) is 10.4 Å². The van der Waals surface area contributed by atoms with Gasteiger partial charge in [-0.05, 0) is 67.3 Å². The van der Waals surface area contributed by atoms with Gasteiger partial charge in [0.15, 0.2) is 0 Å². The summed E-state index contributed by atoms with van der Waals surface area (Å²) in [5.74, 6) is -0.356. The van der Waals surface area contributed by atoms with E-state index in [-0.39, 0.29) is 22.6 Å². The van der Waals surface area contributed by atoms with E-state index in [0.29, 0.717) is 11.3 Å². The molecule has 2 aromatic carbocycles. The van der Waals surface area contributed by atoms with E-state index in [4.69, 9.17) is 0 Å². The molecule has 1 aliphatic rings. The first kappa shape index (κ1) is 19.6. The molecule has 1 heterocycles. The van der Waals surface area contributed by atoms with E-state index in [0.717, 1.165) is 31.9 Å². The van der Waals surface area contributed by atoms with Crippen molar-refractivity contribution in [3.05, 3.63) is 54.1 Å². The second-order valence-electron chi connectivity index (χ2n) is 6.36. The Kier molecular flexibility index (Phi) is 5.96. The van der Waals surface area contributed by atoms with Gasteiger partial charge in [0, 0.05) is 48.0 Å². The predicted molar refractivity (Wildman–Crippen MR) is 102 cm³/mol. The molecule has 0 aromatic heterocycles. The quantitative estimate of drug-likeness (QED) is 0.783. The second kappa shape index (κ2) is 8.22. The van der Waals surface area contributed by atoms with Gasteiger partial charge in [-0.25, -0.2) is 0 Å². The van der Waals surface area contributed by atoms with Crippen molar-refractivity contribution in [3.63, 3.8) is 0 Å². The van der Waals surface area contributed by atoms with E-state index in [1.165, 1.54) is 24.3 Å². The van der Waals surface area contributed by atoms with Crippen LogP contribution in [0.5, 0.6) is 0 Å². The van der Waals surface area contributed by atoms with E-state index < -0.39 is 5.51 Å². The predicted octanol–water partition coefficient (Wildman–Crippen LogP) is 4.30. The van der Waals surface area contributed by atoms with Gasteiger partial charge in [-0.2, -0.15) is 13.2 Å². The van der Waals surface area contributed by atoms with Crippen LogP contribution >= 0.6 is 11.8 Å². The van der Waals surface area contributed by atoms with Crippen LogP contribution in [0.4, 0.5) is 24.5 Å². The molecular weight excluding hydrogens is 375 g/mol. The average Bonchev–Trinajstić information content (AvgIpc) is 2.62. The lowest BCUT2D eigenvalue weighted by atomic mass is 10.2. The van der Waals surface area contributed by atoms with Crippen molar-refractivity contribution in [3.8, 4) is 0 Å². The molecule has 0 radical (unpaired) electrons. The maximum absolute atomic E-state index is 12.4. The van der Waals surface area contributed by atoms with E-state index in [9.17, 15) is 18.0 Å². The van der Waals surface area contributed by atoms with Gasteiger partial charge in [0.1, 0.15) is 0 Å². The minimum Gasteiger partial charge on any atom is -0.369 e. The summed E-state index contributed by atoms with van der Waals surface area (Å²) in [6.45, 7) is 3.96. The van der Waals surface area contributed by atoms with Gasteiger partial charge in [0.2, 0.25) is 0 Å². The molecule has 0 spiro atoms. The van der Waals surface area contributed by atoms with Crippen LogP contribution in [0.1, 0.15) is 10.4 Å². The van der Waals surface area contributed by atoms with E-state index in [1.807, 2.05) is 24.3 Å². The molecule has 27 heavy (non-hydrogen) atoms. The Labute approximate surface area is 160 Å². The Hall–Kier alpha value is -2.19. The Morgan fingerprint density at radius 3 is 2.11 bits per heavy atom. The van der Waals surface area contributed by atoms with Crippen molar-refractivity contribution in [1.82, 2.24) is 4.90 Å². The number of nitrogens with one attached hydrogen (secondary N) is 1. The Morgan fingerprint density at radius 2 is 1.56 bits per heavy atom. The maximum atomic E-state index is 12.4. The maximum Gasteiger partial charge on any atom is 0.446 e. The molecule has 1 aliphatic heterocycles. The Bertz CT molecular complexity index is 770. The number of carbonyl (C=O) groups is 1. The molecular formula is C19H20F3N3OS. The number of nitrogens with zero attached hydrogens (tertiary/aromatic N) is 2. The summed E-state index contributed by atoms with van der Waals surface area (Å²) in [6.07, 6.45) is 0. The third-order valence-corrected chi connectivity index (χ3v) is 5.08. The number of likely N-dealkylation sites (N-methyl/N-ethyl adjacent to an activating group) is 1. The highest BCUT2D eigenvalue weighted by Crippen LogP contribution is 2.36. The zero-order valence-electron chi connectivity index (χ0n) is 14.8. The number of alkyl halides is 3. The third kappa shape index (κ3) is 5.64. The fraction of sp³-hybridized carbons (Fsp3) is 0.316. The number of halogens is 3. The van der Waals surface area contributed by atoms with Gasteiger partial charge in [-0.3, -0.25) is 4.79 Å². The van der Waals surface area contributed by atoms with Crippen LogP contribution in [0.15, 0.2) is 53.4 Å². The normalized spacial score (nSPS) is 15.6. The summed E-state index contributed by atoms with van der Waals surface area (Å²) in [6, 6.07) is 13.0. The summed E-state index contributed by atoms with van der Waals surface area (Å²) in [5, 5.41) is 2.77. The molecule has 0 aliphatic carbocycles. The number of benzene rings is 2. The molecule has 1 fully saturated rings. The SMILES string of the molecule is CN1CCN(c2ccc(NC(=O)c3ccc(SC(F)(F)F)cc3)cc2)CC1. The van der Waals surface area contributed by atoms with Crippen molar-refractivity contribution < 1.29 is 18.0 Å². The third-order valence-electron chi connectivity index (χ3n) is 4.34. The summed E-state index contributed by atoms with van der Waals surface area (Å²) >= 11 is -0.199. The summed E-state index contributed by atoms with van der Waals surface area (Å²) in [4.78, 5) is 16.9. The molecule has 3 rings (SSSR count). The molecule has 0 atom stereocenters. The molecule has 0 unspecified atom stereocenters. The van der Waals surface area contributed by atoms with Gasteiger partial charge in [-0.1, -0.05) is 0 Å². The van der Waals surface area contributed by atoms with Crippen LogP contribution in [-0.4, -0.2) is 49.5 Å². The lowest BCUT2D eigenvalue weighted by Crippen LogP contribution is -2.44. The fourth-order valence-corrected chi connectivity index (χ4v) is 3.37. The zero-order chi connectivity index (χ0) is 19.4. The second-order valence-corrected chi connectivity index (χ2v) is 7.50. The van der Waals surface area contributed by atoms with Gasteiger partial charge in [0.25, 0.3) is 5.91 Å². The first-order chi connectivity index (χ1) is 12.8. The van der Waals surface area contributed by atoms with E-state index >= 15 is 0 Å². The highest BCUT2D eigenvalue weighted by Gasteiger charge is 2.29. The molecule has 2 aromatic rings. The zero-order valence-corrected chi connectivity index (χ0v) is 15.6. The summed E-state index contributed by atoms with van der Waals surface area (Å²) in [7, 11) is 2.10. The van der Waals surface area contributed by atoms with Gasteiger partial charge in [0.05, 0.1) is 0 Å². The van der Waals surface area contributed by atoms with Crippen LogP contribution in [-0.2, 0) is 0 Å². The highest BCUT2D eigenvalue weighted by atomic mass is 32.2. The monoisotopic (exact) mass is 395 g/mol. The Balaban J connectivity index is 1.59. The summed E-state index contributed by atoms with van der Waals surface area (Å²) < 4.78 is 37.1. The number of rotatable bonds is 4. The minimum atomic E-state index is -4.34. The largest absolute Gasteiger partial charge is 0.446 e. The molecule has 4 nitrogen and oxygen atoms in total. The fourth-order valence-electron chi connectivity index (χ4n) is 2.83. The van der Waals surface area contributed by atoms with Crippen molar-refractivity contribution in [2.24, 2.45) is 0 Å². The van der Waals surface area contributed by atoms with E-state index in [2.05, 4.69) is 22.2 Å². The van der Waals surface area contributed by atoms with Crippen molar-refractivity contribution in [1.29, 1.82) is 0 Å². The van der Waals surface area contributed by atoms with E-state index in [1.54, 1.807) is 0 Å². The molecule has 1 amide bonds. The lowest BCUT2D eigenvalue weighted by molar-refractivity contribution is -0.0328. The minimum absolute atomic E-state index is 0.0515. The smallest absolute Gasteiger partial charge is 0.369 e. The topological polar surface area (TPSA) is 35.6 Å². The molecule has 144 valence electrons. The van der Waals surface area contributed by atoms with Crippen molar-refractivity contribution >= 4 is 29.0 Å². The number of carbonyl (C=O) groups excluding carboxylic acids is 1. The lowest BCUT2D eigenvalue weighted by Gasteiger charge is -2.34. The first-order valence-electron chi connectivity index (χ1n) is 8.51. The van der Waals surface area contributed by atoms with Gasteiger partial charge < -0.3 is 15.1 Å². The Morgan fingerprint density at radius 1 is 0.963 bits per heavy atom. The number of anilines is 2. The van der Waals surface area contributed by atoms with Crippen LogP contribution in [0.2, 0.25) is 0 Å².